The highest BCUT2D eigenvalue weighted by Crippen LogP contribution is 2.27. The summed E-state index contributed by atoms with van der Waals surface area (Å²) in [6, 6.07) is 6.90. The van der Waals surface area contributed by atoms with Gasteiger partial charge in [0.25, 0.3) is 0 Å². The van der Waals surface area contributed by atoms with Gasteiger partial charge in [0.05, 0.1) is 12.3 Å². The van der Waals surface area contributed by atoms with Crippen LogP contribution in [0.1, 0.15) is 17.3 Å². The Morgan fingerprint density at radius 2 is 2.00 bits per heavy atom. The lowest BCUT2D eigenvalue weighted by molar-refractivity contribution is 0.0692. The Kier molecular flexibility index (Phi) is 5.14. The summed E-state index contributed by atoms with van der Waals surface area (Å²) in [5.74, 6) is 0.0297. The van der Waals surface area contributed by atoms with Crippen LogP contribution in [0.2, 0.25) is 0 Å². The molecule has 0 unspecified atom stereocenters. The molecule has 0 atom stereocenters. The zero-order chi connectivity index (χ0) is 17.8. The van der Waals surface area contributed by atoms with Crippen LogP contribution in [0.15, 0.2) is 30.5 Å². The van der Waals surface area contributed by atoms with Crippen LogP contribution in [0.5, 0.6) is 5.75 Å². The number of aromatic carboxylic acids is 1. The maximum absolute atomic E-state index is 11.5. The van der Waals surface area contributed by atoms with E-state index in [1.165, 1.54) is 0 Å². The molecule has 1 saturated heterocycles. The van der Waals surface area contributed by atoms with Crippen molar-refractivity contribution in [1.82, 2.24) is 14.9 Å². The van der Waals surface area contributed by atoms with E-state index < -0.39 is 5.97 Å². The first-order valence-electron chi connectivity index (χ1n) is 8.35. The molecule has 1 aromatic heterocycles. The second-order valence-corrected chi connectivity index (χ2v) is 5.98. The summed E-state index contributed by atoms with van der Waals surface area (Å²) in [4.78, 5) is 24.9. The quantitative estimate of drug-likeness (QED) is 0.890. The molecular formula is C18H22N4O3. The summed E-state index contributed by atoms with van der Waals surface area (Å²) in [5.41, 5.74) is 1.58. The molecule has 1 fully saturated rings. The highest BCUT2D eigenvalue weighted by Gasteiger charge is 2.18. The monoisotopic (exact) mass is 342 g/mol. The first kappa shape index (κ1) is 17.2. The second kappa shape index (κ2) is 7.48. The molecule has 2 aromatic rings. The third-order valence-corrected chi connectivity index (χ3v) is 4.23. The molecule has 7 nitrogen and oxygen atoms in total. The van der Waals surface area contributed by atoms with Crippen molar-refractivity contribution in [3.63, 3.8) is 0 Å². The maximum Gasteiger partial charge on any atom is 0.339 e. The summed E-state index contributed by atoms with van der Waals surface area (Å²) in [5, 5.41) is 9.42. The molecule has 3 rings (SSSR count). The predicted octanol–water partition coefficient (Wildman–Crippen LogP) is 1.99. The van der Waals surface area contributed by atoms with Crippen LogP contribution >= 0.6 is 0 Å². The van der Waals surface area contributed by atoms with Gasteiger partial charge in [-0.05, 0) is 38.2 Å². The van der Waals surface area contributed by atoms with Crippen molar-refractivity contribution in [2.75, 3.05) is 44.7 Å². The Hall–Kier alpha value is -2.67. The zero-order valence-electron chi connectivity index (χ0n) is 14.5. The van der Waals surface area contributed by atoms with Crippen LogP contribution in [0.3, 0.4) is 0 Å². The molecule has 0 spiro atoms. The average molecular weight is 342 g/mol. The van der Waals surface area contributed by atoms with Crippen LogP contribution in [0, 0.1) is 0 Å². The highest BCUT2D eigenvalue weighted by atomic mass is 16.5. The lowest BCUT2D eigenvalue weighted by Crippen LogP contribution is -2.45. The van der Waals surface area contributed by atoms with Gasteiger partial charge in [-0.3, -0.25) is 0 Å². The van der Waals surface area contributed by atoms with E-state index in [-0.39, 0.29) is 5.56 Å². The molecule has 0 bridgehead atoms. The fourth-order valence-corrected chi connectivity index (χ4v) is 2.81. The van der Waals surface area contributed by atoms with Gasteiger partial charge >= 0.3 is 5.97 Å². The van der Waals surface area contributed by atoms with Crippen LogP contribution in [-0.4, -0.2) is 65.8 Å². The minimum Gasteiger partial charge on any atom is -0.493 e. The number of anilines is 1. The van der Waals surface area contributed by atoms with Gasteiger partial charge in [-0.1, -0.05) is 0 Å². The third kappa shape index (κ3) is 3.88. The van der Waals surface area contributed by atoms with Crippen LogP contribution in [0.25, 0.3) is 11.3 Å². The molecule has 0 radical (unpaired) electrons. The van der Waals surface area contributed by atoms with Crippen molar-refractivity contribution in [2.45, 2.75) is 6.92 Å². The number of nitrogens with zero attached hydrogens (tertiary/aromatic N) is 4. The number of carboxylic acids is 1. The average Bonchev–Trinajstić information content (AvgIpc) is 2.63. The molecule has 0 aliphatic carbocycles. The van der Waals surface area contributed by atoms with E-state index in [4.69, 9.17) is 4.74 Å². The number of hydrogen-bond acceptors (Lipinski definition) is 6. The van der Waals surface area contributed by atoms with Crippen molar-refractivity contribution >= 4 is 11.9 Å². The first-order valence-corrected chi connectivity index (χ1v) is 8.35. The zero-order valence-corrected chi connectivity index (χ0v) is 14.5. The lowest BCUT2D eigenvalue weighted by Gasteiger charge is -2.32. The van der Waals surface area contributed by atoms with E-state index in [1.807, 2.05) is 13.0 Å². The Bertz CT molecular complexity index is 758. The molecule has 2 heterocycles. The summed E-state index contributed by atoms with van der Waals surface area (Å²) in [6.07, 6.45) is 1.72. The third-order valence-electron chi connectivity index (χ3n) is 4.23. The Balaban J connectivity index is 1.90. The number of piperazine rings is 1. The number of hydrogen-bond donors (Lipinski definition) is 1. The fourth-order valence-electron chi connectivity index (χ4n) is 2.81. The summed E-state index contributed by atoms with van der Waals surface area (Å²) >= 11 is 0. The van der Waals surface area contributed by atoms with Gasteiger partial charge in [0.2, 0.25) is 5.95 Å². The normalized spacial score (nSPS) is 15.2. The SMILES string of the molecule is CCOc1ccc(-c2ccnc(N3CCN(C)CC3)n2)cc1C(=O)O. The number of carboxylic acid groups (broad SMARTS) is 1. The molecule has 1 aliphatic rings. The first-order chi connectivity index (χ1) is 12.1. The summed E-state index contributed by atoms with van der Waals surface area (Å²) in [7, 11) is 2.10. The van der Waals surface area contributed by atoms with E-state index >= 15 is 0 Å². The van der Waals surface area contributed by atoms with Gasteiger partial charge in [0, 0.05) is 37.9 Å². The lowest BCUT2D eigenvalue weighted by atomic mass is 10.1. The van der Waals surface area contributed by atoms with E-state index in [1.54, 1.807) is 24.4 Å². The van der Waals surface area contributed by atoms with Gasteiger partial charge in [-0.25, -0.2) is 14.8 Å². The Morgan fingerprint density at radius 1 is 1.24 bits per heavy atom. The smallest absolute Gasteiger partial charge is 0.339 e. The van der Waals surface area contributed by atoms with E-state index in [0.717, 1.165) is 31.7 Å². The summed E-state index contributed by atoms with van der Waals surface area (Å²) in [6.45, 7) is 5.94. The molecular weight excluding hydrogens is 320 g/mol. The number of aromatic nitrogens is 2. The number of carbonyl (C=O) groups is 1. The minimum absolute atomic E-state index is 0.138. The van der Waals surface area contributed by atoms with Gasteiger partial charge in [0.1, 0.15) is 11.3 Å². The summed E-state index contributed by atoms with van der Waals surface area (Å²) < 4.78 is 5.39. The molecule has 1 aromatic carbocycles. The van der Waals surface area contributed by atoms with Crippen LogP contribution in [-0.2, 0) is 0 Å². The Labute approximate surface area is 146 Å². The number of rotatable bonds is 5. The second-order valence-electron chi connectivity index (χ2n) is 5.98. The van der Waals surface area contributed by atoms with E-state index in [2.05, 4.69) is 26.8 Å². The number of ether oxygens (including phenoxy) is 1. The van der Waals surface area contributed by atoms with Crippen molar-refractivity contribution in [3.05, 3.63) is 36.0 Å². The van der Waals surface area contributed by atoms with E-state index in [0.29, 0.717) is 24.0 Å². The highest BCUT2D eigenvalue weighted by molar-refractivity contribution is 5.92. The topological polar surface area (TPSA) is 78.8 Å². The largest absolute Gasteiger partial charge is 0.493 e. The molecule has 25 heavy (non-hydrogen) atoms. The molecule has 0 amide bonds. The van der Waals surface area contributed by atoms with Crippen LogP contribution < -0.4 is 9.64 Å². The Morgan fingerprint density at radius 3 is 2.68 bits per heavy atom. The van der Waals surface area contributed by atoms with E-state index in [9.17, 15) is 9.90 Å². The van der Waals surface area contributed by atoms with Crippen LogP contribution in [0.4, 0.5) is 5.95 Å². The van der Waals surface area contributed by atoms with Gasteiger partial charge < -0.3 is 19.6 Å². The molecule has 1 aliphatic heterocycles. The maximum atomic E-state index is 11.5. The van der Waals surface area contributed by atoms with Gasteiger partial charge in [-0.2, -0.15) is 0 Å². The molecule has 0 saturated carbocycles. The minimum atomic E-state index is -1.02. The number of likely N-dealkylation sites (N-methyl/N-ethyl adjacent to an activating group) is 1. The van der Waals surface area contributed by atoms with Crippen molar-refractivity contribution < 1.29 is 14.6 Å². The standard InChI is InChI=1S/C18H22N4O3/c1-3-25-16-5-4-13(12-14(16)17(23)24)15-6-7-19-18(20-15)22-10-8-21(2)9-11-22/h4-7,12H,3,8-11H2,1-2H3,(H,23,24). The molecule has 1 N–H and O–H groups in total. The number of benzene rings is 1. The molecule has 132 valence electrons. The van der Waals surface area contributed by atoms with Gasteiger partial charge in [-0.15, -0.1) is 0 Å². The van der Waals surface area contributed by atoms with Gasteiger partial charge in [0.15, 0.2) is 0 Å². The molecule has 7 heteroatoms. The predicted molar refractivity (Wildman–Crippen MR) is 95.3 cm³/mol. The van der Waals surface area contributed by atoms with Crippen molar-refractivity contribution in [2.24, 2.45) is 0 Å². The fraction of sp³-hybridized carbons (Fsp3) is 0.389. The van der Waals surface area contributed by atoms with Crippen molar-refractivity contribution in [1.29, 1.82) is 0 Å². The van der Waals surface area contributed by atoms with Crippen molar-refractivity contribution in [3.8, 4) is 17.0 Å².